The molecule has 2 aromatic carbocycles. The average Bonchev–Trinajstić information content (AvgIpc) is 2.46. The summed E-state index contributed by atoms with van der Waals surface area (Å²) in [4.78, 5) is 12.1. The zero-order valence-corrected chi connectivity index (χ0v) is 12.3. The molecule has 102 valence electrons. The van der Waals surface area contributed by atoms with Crippen LogP contribution in [0.1, 0.15) is 15.9 Å². The van der Waals surface area contributed by atoms with Crippen LogP contribution in [0, 0.1) is 0 Å². The average molecular weight is 307 g/mol. The summed E-state index contributed by atoms with van der Waals surface area (Å²) >= 11 is 11.9. The third kappa shape index (κ3) is 3.41. The van der Waals surface area contributed by atoms with Crippen LogP contribution in [0.2, 0.25) is 10.0 Å². The Morgan fingerprint density at radius 2 is 1.90 bits per heavy atom. The Morgan fingerprint density at radius 3 is 2.60 bits per heavy atom. The van der Waals surface area contributed by atoms with E-state index >= 15 is 0 Å². The highest BCUT2D eigenvalue weighted by Gasteiger charge is 2.08. The van der Waals surface area contributed by atoms with Gasteiger partial charge in [-0.05, 0) is 42.0 Å². The molecule has 0 N–H and O–H groups in total. The van der Waals surface area contributed by atoms with Crippen LogP contribution in [0.3, 0.4) is 0 Å². The van der Waals surface area contributed by atoms with Gasteiger partial charge < -0.3 is 4.74 Å². The Morgan fingerprint density at radius 1 is 1.15 bits per heavy atom. The van der Waals surface area contributed by atoms with Crippen LogP contribution in [-0.4, -0.2) is 12.9 Å². The topological polar surface area (TPSA) is 26.3 Å². The lowest BCUT2D eigenvalue weighted by molar-refractivity contribution is 0.104. The smallest absolute Gasteiger partial charge is 0.189 e. The molecule has 0 saturated heterocycles. The number of benzene rings is 2. The summed E-state index contributed by atoms with van der Waals surface area (Å²) in [6.45, 7) is 0. The number of hydrogen-bond acceptors (Lipinski definition) is 2. The summed E-state index contributed by atoms with van der Waals surface area (Å²) in [5, 5.41) is 1.06. The molecule has 0 radical (unpaired) electrons. The zero-order chi connectivity index (χ0) is 14.5. The predicted molar refractivity (Wildman–Crippen MR) is 82.8 cm³/mol. The first-order valence-corrected chi connectivity index (χ1v) is 6.68. The van der Waals surface area contributed by atoms with Gasteiger partial charge in [0.2, 0.25) is 0 Å². The predicted octanol–water partition coefficient (Wildman–Crippen LogP) is 4.90. The lowest BCUT2D eigenvalue weighted by atomic mass is 10.1. The monoisotopic (exact) mass is 306 g/mol. The van der Waals surface area contributed by atoms with E-state index in [4.69, 9.17) is 27.9 Å². The van der Waals surface area contributed by atoms with Crippen molar-refractivity contribution in [2.75, 3.05) is 7.11 Å². The van der Waals surface area contributed by atoms with Gasteiger partial charge in [0.05, 0.1) is 12.7 Å². The van der Waals surface area contributed by atoms with Crippen LogP contribution in [0.4, 0.5) is 0 Å². The van der Waals surface area contributed by atoms with Crippen molar-refractivity contribution >= 4 is 35.1 Å². The van der Waals surface area contributed by atoms with Gasteiger partial charge >= 0.3 is 0 Å². The van der Waals surface area contributed by atoms with E-state index in [9.17, 15) is 4.79 Å². The molecule has 0 aliphatic rings. The normalized spacial score (nSPS) is 10.8. The second-order valence-electron chi connectivity index (χ2n) is 4.06. The fraction of sp³-hybridized carbons (Fsp3) is 0.0625. The molecule has 0 heterocycles. The molecule has 0 atom stereocenters. The van der Waals surface area contributed by atoms with E-state index in [1.807, 2.05) is 6.07 Å². The molecule has 2 nitrogen and oxygen atoms in total. The largest absolute Gasteiger partial charge is 0.496 e. The summed E-state index contributed by atoms with van der Waals surface area (Å²) in [7, 11) is 1.53. The zero-order valence-electron chi connectivity index (χ0n) is 10.8. The van der Waals surface area contributed by atoms with E-state index in [-0.39, 0.29) is 5.78 Å². The number of methoxy groups -OCH3 is 1. The molecule has 0 amide bonds. The number of carbonyl (C=O) groups is 1. The Hall–Kier alpha value is -1.77. The maximum Gasteiger partial charge on any atom is 0.189 e. The number of ketones is 1. The van der Waals surface area contributed by atoms with Crippen molar-refractivity contribution < 1.29 is 9.53 Å². The van der Waals surface area contributed by atoms with Crippen molar-refractivity contribution in [2.45, 2.75) is 0 Å². The van der Waals surface area contributed by atoms with Gasteiger partial charge in [-0.15, -0.1) is 0 Å². The van der Waals surface area contributed by atoms with E-state index in [2.05, 4.69) is 0 Å². The SMILES string of the molecule is COc1ccccc1C(=O)C=Cc1ccc(Cl)cc1Cl. The summed E-state index contributed by atoms with van der Waals surface area (Å²) < 4.78 is 5.16. The van der Waals surface area contributed by atoms with Gasteiger partial charge in [-0.25, -0.2) is 0 Å². The highest BCUT2D eigenvalue weighted by molar-refractivity contribution is 6.35. The summed E-state index contributed by atoms with van der Waals surface area (Å²) in [6.07, 6.45) is 3.13. The van der Waals surface area contributed by atoms with Crippen LogP contribution in [0.15, 0.2) is 48.5 Å². The van der Waals surface area contributed by atoms with Gasteiger partial charge in [0.25, 0.3) is 0 Å². The molecule has 0 aliphatic carbocycles. The maximum atomic E-state index is 12.1. The molecular weight excluding hydrogens is 295 g/mol. The van der Waals surface area contributed by atoms with E-state index in [1.54, 1.807) is 42.5 Å². The first-order chi connectivity index (χ1) is 9.61. The minimum atomic E-state index is -0.145. The van der Waals surface area contributed by atoms with Crippen molar-refractivity contribution in [1.82, 2.24) is 0 Å². The van der Waals surface area contributed by atoms with E-state index in [1.165, 1.54) is 13.2 Å². The number of allylic oxidation sites excluding steroid dienone is 1. The van der Waals surface area contributed by atoms with E-state index < -0.39 is 0 Å². The maximum absolute atomic E-state index is 12.1. The van der Waals surface area contributed by atoms with Crippen molar-refractivity contribution in [3.05, 3.63) is 69.7 Å². The Balaban J connectivity index is 2.25. The molecule has 0 aromatic heterocycles. The van der Waals surface area contributed by atoms with Gasteiger partial charge in [0.1, 0.15) is 5.75 Å². The highest BCUT2D eigenvalue weighted by Crippen LogP contribution is 2.23. The van der Waals surface area contributed by atoms with Gasteiger partial charge in [0.15, 0.2) is 5.78 Å². The molecule has 20 heavy (non-hydrogen) atoms. The number of rotatable bonds is 4. The molecule has 4 heteroatoms. The number of ether oxygens (including phenoxy) is 1. The number of carbonyl (C=O) groups excluding carboxylic acids is 1. The quantitative estimate of drug-likeness (QED) is 0.593. The number of halogens is 2. The minimum Gasteiger partial charge on any atom is -0.496 e. The molecule has 0 saturated carbocycles. The summed E-state index contributed by atoms with van der Waals surface area (Å²) in [5.74, 6) is 0.401. The first kappa shape index (κ1) is 14.6. The second-order valence-corrected chi connectivity index (χ2v) is 4.91. The first-order valence-electron chi connectivity index (χ1n) is 5.92. The molecule has 2 aromatic rings. The Kier molecular flexibility index (Phi) is 4.83. The van der Waals surface area contributed by atoms with Gasteiger partial charge in [-0.2, -0.15) is 0 Å². The molecule has 0 bridgehead atoms. The van der Waals surface area contributed by atoms with E-state index in [0.29, 0.717) is 21.4 Å². The van der Waals surface area contributed by atoms with Crippen molar-refractivity contribution in [2.24, 2.45) is 0 Å². The molecule has 0 spiro atoms. The lowest BCUT2D eigenvalue weighted by Crippen LogP contribution is -1.98. The van der Waals surface area contributed by atoms with Gasteiger partial charge in [-0.1, -0.05) is 41.4 Å². The minimum absolute atomic E-state index is 0.145. The van der Waals surface area contributed by atoms with Crippen LogP contribution in [0.25, 0.3) is 6.08 Å². The summed E-state index contributed by atoms with van der Waals surface area (Å²) in [6, 6.07) is 12.2. The van der Waals surface area contributed by atoms with Crippen LogP contribution >= 0.6 is 23.2 Å². The molecule has 2 rings (SSSR count). The molecule has 0 aliphatic heterocycles. The molecule has 0 unspecified atom stereocenters. The fourth-order valence-corrected chi connectivity index (χ4v) is 2.21. The van der Waals surface area contributed by atoms with Crippen molar-refractivity contribution in [3.8, 4) is 5.75 Å². The fourth-order valence-electron chi connectivity index (χ4n) is 1.74. The van der Waals surface area contributed by atoms with Crippen LogP contribution in [-0.2, 0) is 0 Å². The standard InChI is InChI=1S/C16H12Cl2O2/c1-20-16-5-3-2-4-13(16)15(19)9-7-11-6-8-12(17)10-14(11)18/h2-10H,1H3. The Labute approximate surface area is 127 Å². The molecular formula is C16H12Cl2O2. The van der Waals surface area contributed by atoms with Crippen molar-refractivity contribution in [3.63, 3.8) is 0 Å². The third-order valence-corrected chi connectivity index (χ3v) is 3.31. The molecule has 0 fully saturated rings. The summed E-state index contributed by atoms with van der Waals surface area (Å²) in [5.41, 5.74) is 1.25. The number of hydrogen-bond donors (Lipinski definition) is 0. The van der Waals surface area contributed by atoms with Crippen LogP contribution < -0.4 is 4.74 Å². The lowest BCUT2D eigenvalue weighted by Gasteiger charge is -2.04. The number of para-hydroxylation sites is 1. The van der Waals surface area contributed by atoms with E-state index in [0.717, 1.165) is 5.56 Å². The third-order valence-electron chi connectivity index (χ3n) is 2.75. The van der Waals surface area contributed by atoms with Gasteiger partial charge in [-0.3, -0.25) is 4.79 Å². The van der Waals surface area contributed by atoms with Gasteiger partial charge in [0, 0.05) is 10.0 Å². The van der Waals surface area contributed by atoms with Crippen LogP contribution in [0.5, 0.6) is 5.75 Å². The van der Waals surface area contributed by atoms with Crippen molar-refractivity contribution in [1.29, 1.82) is 0 Å². The second kappa shape index (κ2) is 6.60. The highest BCUT2D eigenvalue weighted by atomic mass is 35.5. The Bertz CT molecular complexity index is 663.